The van der Waals surface area contributed by atoms with E-state index in [0.29, 0.717) is 0 Å². The highest BCUT2D eigenvalue weighted by Crippen LogP contribution is 2.12. The van der Waals surface area contributed by atoms with Crippen molar-refractivity contribution in [2.24, 2.45) is 0 Å². The third-order valence-electron chi connectivity index (χ3n) is 3.25. The first-order chi connectivity index (χ1) is 9.78. The van der Waals surface area contributed by atoms with Gasteiger partial charge in [0.25, 0.3) is 5.56 Å². The van der Waals surface area contributed by atoms with Crippen molar-refractivity contribution in [3.8, 4) is 11.4 Å². The minimum Gasteiger partial charge on any atom is -0.306 e. The zero-order chi connectivity index (χ0) is 13.9. The molecule has 0 aliphatic rings. The molecule has 2 aromatic heterocycles. The van der Waals surface area contributed by atoms with Gasteiger partial charge < -0.3 is 4.57 Å². The summed E-state index contributed by atoms with van der Waals surface area (Å²) in [6.07, 6.45) is 6.51. The monoisotopic (exact) mass is 265 g/mol. The van der Waals surface area contributed by atoms with Crippen LogP contribution in [-0.2, 0) is 6.42 Å². The topological polar surface area (TPSA) is 39.8 Å². The lowest BCUT2D eigenvalue weighted by Gasteiger charge is -2.07. The molecule has 100 valence electrons. The average Bonchev–Trinajstić information content (AvgIpc) is 2.97. The van der Waals surface area contributed by atoms with E-state index in [1.807, 2.05) is 47.4 Å². The normalized spacial score (nSPS) is 10.7. The number of rotatable bonds is 3. The van der Waals surface area contributed by atoms with Crippen molar-refractivity contribution in [1.82, 2.24) is 14.1 Å². The Labute approximate surface area is 117 Å². The molecular weight excluding hydrogens is 250 g/mol. The first-order valence-electron chi connectivity index (χ1n) is 6.59. The molecule has 0 unspecified atom stereocenters. The lowest BCUT2D eigenvalue weighted by atomic mass is 10.2. The molecule has 20 heavy (non-hydrogen) atoms. The van der Waals surface area contributed by atoms with Crippen LogP contribution in [0, 0.1) is 0 Å². The summed E-state index contributed by atoms with van der Waals surface area (Å²) in [5, 5.41) is 0. The minimum absolute atomic E-state index is 0.0313. The number of hydrogen-bond acceptors (Lipinski definition) is 2. The standard InChI is InChI=1S/C16H15N3O/c1-2-13-11-18(12-17-13)14-6-8-15(9-7-14)19-10-4-3-5-16(19)20/h3-12H,2H2,1H3. The Bertz CT molecular complexity index is 769. The summed E-state index contributed by atoms with van der Waals surface area (Å²) in [6, 6.07) is 13.0. The Balaban J connectivity index is 1.95. The Morgan fingerprint density at radius 3 is 2.45 bits per heavy atom. The van der Waals surface area contributed by atoms with Gasteiger partial charge in [0.1, 0.15) is 0 Å². The molecule has 0 aliphatic carbocycles. The molecule has 0 saturated carbocycles. The van der Waals surface area contributed by atoms with Crippen LogP contribution in [0.15, 0.2) is 66.0 Å². The zero-order valence-electron chi connectivity index (χ0n) is 11.2. The predicted molar refractivity (Wildman–Crippen MR) is 78.5 cm³/mol. The number of pyridine rings is 1. The van der Waals surface area contributed by atoms with E-state index < -0.39 is 0 Å². The van der Waals surface area contributed by atoms with Crippen LogP contribution < -0.4 is 5.56 Å². The lowest BCUT2D eigenvalue weighted by Crippen LogP contribution is -2.15. The van der Waals surface area contributed by atoms with Gasteiger partial charge in [-0.05, 0) is 36.8 Å². The van der Waals surface area contributed by atoms with Gasteiger partial charge in [0.15, 0.2) is 0 Å². The van der Waals surface area contributed by atoms with E-state index in [9.17, 15) is 4.79 Å². The second-order valence-corrected chi connectivity index (χ2v) is 4.55. The number of benzene rings is 1. The maximum absolute atomic E-state index is 11.8. The molecule has 0 fully saturated rings. The SMILES string of the molecule is CCc1cn(-c2ccc(-n3ccccc3=O)cc2)cn1. The van der Waals surface area contributed by atoms with Gasteiger partial charge in [0.05, 0.1) is 12.0 Å². The van der Waals surface area contributed by atoms with Crippen molar-refractivity contribution in [2.75, 3.05) is 0 Å². The third kappa shape index (κ3) is 2.28. The molecule has 0 amide bonds. The molecule has 0 saturated heterocycles. The van der Waals surface area contributed by atoms with E-state index in [1.54, 1.807) is 22.9 Å². The zero-order valence-corrected chi connectivity index (χ0v) is 11.2. The van der Waals surface area contributed by atoms with E-state index in [0.717, 1.165) is 23.5 Å². The fraction of sp³-hybridized carbons (Fsp3) is 0.125. The molecule has 3 aromatic rings. The first-order valence-corrected chi connectivity index (χ1v) is 6.59. The summed E-state index contributed by atoms with van der Waals surface area (Å²) in [5.74, 6) is 0. The van der Waals surface area contributed by atoms with Gasteiger partial charge in [-0.15, -0.1) is 0 Å². The van der Waals surface area contributed by atoms with Crippen LogP contribution in [-0.4, -0.2) is 14.1 Å². The predicted octanol–water partition coefficient (Wildman–Crippen LogP) is 2.59. The largest absolute Gasteiger partial charge is 0.306 e. The van der Waals surface area contributed by atoms with E-state index in [1.165, 1.54) is 0 Å². The summed E-state index contributed by atoms with van der Waals surface area (Å²) in [6.45, 7) is 2.08. The number of aryl methyl sites for hydroxylation is 1. The molecule has 4 heteroatoms. The van der Waals surface area contributed by atoms with Crippen LogP contribution >= 0.6 is 0 Å². The maximum atomic E-state index is 11.8. The summed E-state index contributed by atoms with van der Waals surface area (Å²) in [7, 11) is 0. The number of aromatic nitrogens is 3. The highest BCUT2D eigenvalue weighted by Gasteiger charge is 2.01. The molecule has 3 rings (SSSR count). The van der Waals surface area contributed by atoms with Gasteiger partial charge in [-0.3, -0.25) is 9.36 Å². The summed E-state index contributed by atoms with van der Waals surface area (Å²) in [4.78, 5) is 16.1. The molecule has 0 radical (unpaired) electrons. The van der Waals surface area contributed by atoms with Gasteiger partial charge in [0, 0.05) is 29.8 Å². The third-order valence-corrected chi connectivity index (χ3v) is 3.25. The second-order valence-electron chi connectivity index (χ2n) is 4.55. The van der Waals surface area contributed by atoms with Crippen molar-refractivity contribution in [3.63, 3.8) is 0 Å². The molecule has 0 spiro atoms. The molecule has 0 aliphatic heterocycles. The number of hydrogen-bond donors (Lipinski definition) is 0. The molecule has 4 nitrogen and oxygen atoms in total. The Kier molecular flexibility index (Phi) is 3.21. The molecular formula is C16H15N3O. The molecule has 0 bridgehead atoms. The Morgan fingerprint density at radius 1 is 1.05 bits per heavy atom. The Hall–Kier alpha value is -2.62. The van der Waals surface area contributed by atoms with E-state index >= 15 is 0 Å². The van der Waals surface area contributed by atoms with E-state index in [-0.39, 0.29) is 5.56 Å². The fourth-order valence-corrected chi connectivity index (χ4v) is 2.11. The summed E-state index contributed by atoms with van der Waals surface area (Å²) < 4.78 is 3.60. The van der Waals surface area contributed by atoms with Gasteiger partial charge in [-0.2, -0.15) is 0 Å². The highest BCUT2D eigenvalue weighted by molar-refractivity contribution is 5.41. The number of imidazole rings is 1. The number of nitrogens with zero attached hydrogens (tertiary/aromatic N) is 3. The lowest BCUT2D eigenvalue weighted by molar-refractivity contribution is 0.983. The minimum atomic E-state index is -0.0313. The van der Waals surface area contributed by atoms with Gasteiger partial charge in [-0.25, -0.2) is 4.98 Å². The average molecular weight is 265 g/mol. The molecule has 0 atom stereocenters. The van der Waals surface area contributed by atoms with Crippen LogP contribution in [0.25, 0.3) is 11.4 Å². The quantitative estimate of drug-likeness (QED) is 0.730. The first kappa shape index (κ1) is 12.4. The van der Waals surface area contributed by atoms with Crippen LogP contribution in [0.1, 0.15) is 12.6 Å². The molecule has 1 aromatic carbocycles. The van der Waals surface area contributed by atoms with Gasteiger partial charge >= 0.3 is 0 Å². The smallest absolute Gasteiger partial charge is 0.255 e. The highest BCUT2D eigenvalue weighted by atomic mass is 16.1. The van der Waals surface area contributed by atoms with Crippen LogP contribution in [0.3, 0.4) is 0 Å². The van der Waals surface area contributed by atoms with Crippen molar-refractivity contribution < 1.29 is 0 Å². The second kappa shape index (κ2) is 5.17. The fourth-order valence-electron chi connectivity index (χ4n) is 2.11. The van der Waals surface area contributed by atoms with E-state index in [2.05, 4.69) is 11.9 Å². The summed E-state index contributed by atoms with van der Waals surface area (Å²) in [5.41, 5.74) is 2.92. The van der Waals surface area contributed by atoms with Crippen LogP contribution in [0.4, 0.5) is 0 Å². The van der Waals surface area contributed by atoms with Gasteiger partial charge in [-0.1, -0.05) is 13.0 Å². The van der Waals surface area contributed by atoms with Crippen molar-refractivity contribution in [2.45, 2.75) is 13.3 Å². The van der Waals surface area contributed by atoms with E-state index in [4.69, 9.17) is 0 Å². The Morgan fingerprint density at radius 2 is 1.80 bits per heavy atom. The van der Waals surface area contributed by atoms with Crippen LogP contribution in [0.5, 0.6) is 0 Å². The van der Waals surface area contributed by atoms with Crippen molar-refractivity contribution in [3.05, 3.63) is 77.2 Å². The van der Waals surface area contributed by atoms with Crippen LogP contribution in [0.2, 0.25) is 0 Å². The summed E-state index contributed by atoms with van der Waals surface area (Å²) >= 11 is 0. The van der Waals surface area contributed by atoms with Gasteiger partial charge in [0.2, 0.25) is 0 Å². The van der Waals surface area contributed by atoms with Crippen molar-refractivity contribution in [1.29, 1.82) is 0 Å². The molecule has 2 heterocycles. The van der Waals surface area contributed by atoms with Crippen molar-refractivity contribution >= 4 is 0 Å². The maximum Gasteiger partial charge on any atom is 0.255 e. The molecule has 0 N–H and O–H groups in total.